The molecule has 4 rings (SSSR count). The second-order valence-electron chi connectivity index (χ2n) is 6.76. The van der Waals surface area contributed by atoms with Crippen molar-refractivity contribution >= 4 is 29.1 Å². The van der Waals surface area contributed by atoms with Crippen LogP contribution in [0.1, 0.15) is 16.2 Å². The van der Waals surface area contributed by atoms with Crippen molar-refractivity contribution in [3.05, 3.63) is 100 Å². The third-order valence-corrected chi connectivity index (χ3v) is 5.36. The number of hydrogen-bond acceptors (Lipinski definition) is 3. The van der Waals surface area contributed by atoms with E-state index in [-0.39, 0.29) is 11.7 Å². The Morgan fingerprint density at radius 3 is 2.52 bits per heavy atom. The van der Waals surface area contributed by atoms with Crippen LogP contribution in [0.3, 0.4) is 0 Å². The second-order valence-corrected chi connectivity index (χ2v) is 7.57. The molecule has 2 aromatic heterocycles. The van der Waals surface area contributed by atoms with Crippen LogP contribution in [0.15, 0.2) is 72.9 Å². The summed E-state index contributed by atoms with van der Waals surface area (Å²) in [6, 6.07) is 18.2. The topological polar surface area (TPSA) is 59.8 Å². The average molecular weight is 455 g/mol. The van der Waals surface area contributed by atoms with Gasteiger partial charge >= 0.3 is 0 Å². The zero-order valence-electron chi connectivity index (χ0n) is 16.2. The van der Waals surface area contributed by atoms with Gasteiger partial charge in [-0.2, -0.15) is 5.10 Å². The Labute approximate surface area is 188 Å². The van der Waals surface area contributed by atoms with Crippen LogP contribution in [-0.2, 0) is 6.42 Å². The number of nitrogens with zero attached hydrogens (tertiary/aromatic N) is 3. The fourth-order valence-corrected chi connectivity index (χ4v) is 3.35. The summed E-state index contributed by atoms with van der Waals surface area (Å²) >= 11 is 12.2. The maximum absolute atomic E-state index is 13.3. The van der Waals surface area contributed by atoms with Gasteiger partial charge in [0.25, 0.3) is 5.91 Å². The quantitative estimate of drug-likeness (QED) is 0.426. The highest BCUT2D eigenvalue weighted by molar-refractivity contribution is 6.42. The molecule has 0 aliphatic carbocycles. The molecule has 0 saturated carbocycles. The summed E-state index contributed by atoms with van der Waals surface area (Å²) in [5, 5.41) is 8.20. The van der Waals surface area contributed by atoms with Crippen molar-refractivity contribution in [3.8, 4) is 16.9 Å². The fourth-order valence-electron chi connectivity index (χ4n) is 3.06. The van der Waals surface area contributed by atoms with Gasteiger partial charge in [-0.05, 0) is 60.7 Å². The Morgan fingerprint density at radius 1 is 1.00 bits per heavy atom. The van der Waals surface area contributed by atoms with Crippen molar-refractivity contribution in [1.29, 1.82) is 0 Å². The van der Waals surface area contributed by atoms with E-state index in [1.807, 2.05) is 18.2 Å². The Bertz CT molecular complexity index is 1210. The number of benzene rings is 2. The lowest BCUT2D eigenvalue weighted by atomic mass is 10.1. The van der Waals surface area contributed by atoms with Gasteiger partial charge in [-0.15, -0.1) is 0 Å². The minimum absolute atomic E-state index is 0.303. The van der Waals surface area contributed by atoms with Crippen LogP contribution in [0.5, 0.6) is 0 Å². The smallest absolute Gasteiger partial charge is 0.270 e. The Kier molecular flexibility index (Phi) is 6.30. The molecule has 1 amide bonds. The van der Waals surface area contributed by atoms with E-state index in [0.29, 0.717) is 45.6 Å². The van der Waals surface area contributed by atoms with Crippen LogP contribution in [0.2, 0.25) is 10.0 Å². The number of halogens is 3. The van der Waals surface area contributed by atoms with Crippen molar-refractivity contribution in [1.82, 2.24) is 20.1 Å². The molecule has 2 heterocycles. The van der Waals surface area contributed by atoms with Gasteiger partial charge in [0.15, 0.2) is 0 Å². The number of amides is 1. The first-order valence-corrected chi connectivity index (χ1v) is 10.3. The minimum atomic E-state index is -0.347. The first-order chi connectivity index (χ1) is 15.0. The van der Waals surface area contributed by atoms with Gasteiger partial charge in [-0.1, -0.05) is 29.3 Å². The normalized spacial score (nSPS) is 10.8. The van der Waals surface area contributed by atoms with Crippen molar-refractivity contribution in [2.45, 2.75) is 6.42 Å². The molecule has 1 N–H and O–H groups in total. The largest absolute Gasteiger partial charge is 0.350 e. The zero-order valence-corrected chi connectivity index (χ0v) is 17.7. The van der Waals surface area contributed by atoms with Gasteiger partial charge in [0.1, 0.15) is 11.5 Å². The van der Waals surface area contributed by atoms with Crippen molar-refractivity contribution in [3.63, 3.8) is 0 Å². The van der Waals surface area contributed by atoms with E-state index in [2.05, 4.69) is 15.4 Å². The molecule has 0 unspecified atom stereocenters. The lowest BCUT2D eigenvalue weighted by molar-refractivity contribution is 0.0946. The molecule has 2 aromatic carbocycles. The van der Waals surface area contributed by atoms with E-state index in [0.717, 1.165) is 5.69 Å². The molecule has 0 saturated heterocycles. The summed E-state index contributed by atoms with van der Waals surface area (Å²) in [5.74, 6) is -0.650. The number of rotatable bonds is 6. The zero-order chi connectivity index (χ0) is 21.8. The molecular formula is C23H17Cl2FN4O. The molecule has 31 heavy (non-hydrogen) atoms. The molecule has 0 bridgehead atoms. The van der Waals surface area contributed by atoms with Crippen molar-refractivity contribution in [2.24, 2.45) is 0 Å². The first kappa shape index (κ1) is 21.0. The van der Waals surface area contributed by atoms with E-state index >= 15 is 0 Å². The van der Waals surface area contributed by atoms with Gasteiger partial charge in [0, 0.05) is 30.4 Å². The van der Waals surface area contributed by atoms with Crippen molar-refractivity contribution in [2.75, 3.05) is 6.54 Å². The average Bonchev–Trinajstić information content (AvgIpc) is 3.22. The number of aromatic nitrogens is 3. The fraction of sp³-hybridized carbons (Fsp3) is 0.0870. The van der Waals surface area contributed by atoms with Gasteiger partial charge in [-0.3, -0.25) is 9.78 Å². The number of nitrogens with one attached hydrogen (secondary N) is 1. The maximum atomic E-state index is 13.3. The van der Waals surface area contributed by atoms with Crippen molar-refractivity contribution < 1.29 is 9.18 Å². The Hall–Kier alpha value is -3.22. The Balaban J connectivity index is 1.64. The molecule has 156 valence electrons. The summed E-state index contributed by atoms with van der Waals surface area (Å²) < 4.78 is 14.8. The summed E-state index contributed by atoms with van der Waals surface area (Å²) in [6.07, 6.45) is 2.31. The lowest BCUT2D eigenvalue weighted by Gasteiger charge is -2.09. The number of pyridine rings is 1. The van der Waals surface area contributed by atoms with Crippen LogP contribution in [0.25, 0.3) is 16.9 Å². The van der Waals surface area contributed by atoms with Crippen LogP contribution in [0.4, 0.5) is 4.39 Å². The predicted molar refractivity (Wildman–Crippen MR) is 119 cm³/mol. The number of hydrogen-bond donors (Lipinski definition) is 1. The molecule has 0 fully saturated rings. The highest BCUT2D eigenvalue weighted by Crippen LogP contribution is 2.27. The predicted octanol–water partition coefficient (Wildman–Crippen LogP) is 5.35. The van der Waals surface area contributed by atoms with E-state index < -0.39 is 0 Å². The third kappa shape index (κ3) is 4.93. The number of carbonyl (C=O) groups excluding carboxylic acids is 1. The summed E-state index contributed by atoms with van der Waals surface area (Å²) in [4.78, 5) is 17.2. The molecular weight excluding hydrogens is 438 g/mol. The SMILES string of the molecule is O=C(NCCc1ccccn1)c1cc(-c2ccc(F)cc2)nn1-c1ccc(Cl)c(Cl)c1. The lowest BCUT2D eigenvalue weighted by Crippen LogP contribution is -2.28. The first-order valence-electron chi connectivity index (χ1n) is 9.51. The molecule has 0 spiro atoms. The monoisotopic (exact) mass is 454 g/mol. The standard InChI is InChI=1S/C23H17Cl2FN4O/c24-19-9-8-18(13-20(19)25)30-22(14-21(29-30)15-4-6-16(26)7-5-15)23(31)28-12-10-17-3-1-2-11-27-17/h1-9,11,13-14H,10,12H2,(H,28,31). The van der Waals surface area contributed by atoms with Crippen LogP contribution in [0, 0.1) is 5.82 Å². The maximum Gasteiger partial charge on any atom is 0.270 e. The van der Waals surface area contributed by atoms with Gasteiger partial charge in [0.05, 0.1) is 21.4 Å². The van der Waals surface area contributed by atoms with Gasteiger partial charge in [0.2, 0.25) is 0 Å². The second kappa shape index (κ2) is 9.29. The highest BCUT2D eigenvalue weighted by Gasteiger charge is 2.18. The molecule has 0 aliphatic heterocycles. The molecule has 4 aromatic rings. The molecule has 0 aliphatic rings. The summed E-state index contributed by atoms with van der Waals surface area (Å²) in [7, 11) is 0. The molecule has 5 nitrogen and oxygen atoms in total. The van der Waals surface area contributed by atoms with Crippen LogP contribution < -0.4 is 5.32 Å². The summed E-state index contributed by atoms with van der Waals surface area (Å²) in [6.45, 7) is 0.411. The van der Waals surface area contributed by atoms with E-state index in [1.54, 1.807) is 42.6 Å². The van der Waals surface area contributed by atoms with Crippen LogP contribution >= 0.6 is 23.2 Å². The van der Waals surface area contributed by atoms with Crippen LogP contribution in [-0.4, -0.2) is 27.2 Å². The Morgan fingerprint density at radius 2 is 1.81 bits per heavy atom. The van der Waals surface area contributed by atoms with E-state index in [4.69, 9.17) is 23.2 Å². The molecule has 8 heteroatoms. The number of carbonyl (C=O) groups is 1. The minimum Gasteiger partial charge on any atom is -0.350 e. The van der Waals surface area contributed by atoms with E-state index in [1.165, 1.54) is 16.8 Å². The van der Waals surface area contributed by atoms with Gasteiger partial charge < -0.3 is 5.32 Å². The third-order valence-electron chi connectivity index (χ3n) is 4.62. The molecule has 0 atom stereocenters. The molecule has 0 radical (unpaired) electrons. The van der Waals surface area contributed by atoms with Gasteiger partial charge in [-0.25, -0.2) is 9.07 Å². The van der Waals surface area contributed by atoms with E-state index in [9.17, 15) is 9.18 Å². The highest BCUT2D eigenvalue weighted by atomic mass is 35.5. The summed E-state index contributed by atoms with van der Waals surface area (Å²) in [5.41, 5.74) is 2.99.